The second-order valence-corrected chi connectivity index (χ2v) is 5.44. The minimum atomic E-state index is -0.371. The summed E-state index contributed by atoms with van der Waals surface area (Å²) in [7, 11) is 1.44. The Morgan fingerprint density at radius 3 is 2.82 bits per heavy atom. The van der Waals surface area contributed by atoms with Gasteiger partial charge in [0.2, 0.25) is 0 Å². The number of hydrogen-bond acceptors (Lipinski definition) is 2. The van der Waals surface area contributed by atoms with Gasteiger partial charge in [-0.15, -0.1) is 0 Å². The van der Waals surface area contributed by atoms with Crippen LogP contribution in [0, 0.1) is 9.39 Å². The number of rotatable bonds is 2. The third-order valence-corrected chi connectivity index (χ3v) is 4.14. The standard InChI is InChI=1S/C13H14FIO2/c1-17-13-6-9(11(15)7-10(13)14)8-4-2-3-5-12(8)16/h6-8H,2-5H2,1H3. The third kappa shape index (κ3) is 2.61. The van der Waals surface area contributed by atoms with Gasteiger partial charge in [0.15, 0.2) is 11.6 Å². The van der Waals surface area contributed by atoms with Gasteiger partial charge in [0, 0.05) is 15.9 Å². The number of benzene rings is 1. The van der Waals surface area contributed by atoms with Crippen LogP contribution in [0.2, 0.25) is 0 Å². The SMILES string of the molecule is COc1cc(C2CCCCC2=O)c(I)cc1F. The van der Waals surface area contributed by atoms with Crippen molar-refractivity contribution in [2.45, 2.75) is 31.6 Å². The molecule has 1 aliphatic rings. The largest absolute Gasteiger partial charge is 0.494 e. The molecule has 0 radical (unpaired) electrons. The van der Waals surface area contributed by atoms with E-state index in [1.807, 2.05) is 0 Å². The fourth-order valence-electron chi connectivity index (χ4n) is 2.28. The van der Waals surface area contributed by atoms with Gasteiger partial charge in [-0.2, -0.15) is 0 Å². The zero-order valence-corrected chi connectivity index (χ0v) is 11.8. The Hall–Kier alpha value is -0.650. The molecule has 0 aliphatic heterocycles. The molecule has 1 aromatic rings. The lowest BCUT2D eigenvalue weighted by Gasteiger charge is -2.22. The van der Waals surface area contributed by atoms with Crippen LogP contribution < -0.4 is 4.74 Å². The predicted molar refractivity (Wildman–Crippen MR) is 71.9 cm³/mol. The maximum atomic E-state index is 13.5. The highest BCUT2D eigenvalue weighted by molar-refractivity contribution is 14.1. The summed E-state index contributed by atoms with van der Waals surface area (Å²) in [6, 6.07) is 3.11. The summed E-state index contributed by atoms with van der Waals surface area (Å²) >= 11 is 2.08. The third-order valence-electron chi connectivity index (χ3n) is 3.20. The van der Waals surface area contributed by atoms with Crippen molar-refractivity contribution in [2.24, 2.45) is 0 Å². The molecule has 1 fully saturated rings. The molecule has 1 aromatic carbocycles. The number of hydrogen-bond donors (Lipinski definition) is 0. The van der Waals surface area contributed by atoms with Crippen LogP contribution in [-0.4, -0.2) is 12.9 Å². The van der Waals surface area contributed by atoms with E-state index in [2.05, 4.69) is 22.6 Å². The Morgan fingerprint density at radius 1 is 1.41 bits per heavy atom. The molecule has 0 amide bonds. The Bertz CT molecular complexity index is 445. The first-order valence-corrected chi connectivity index (χ1v) is 6.77. The molecule has 0 N–H and O–H groups in total. The van der Waals surface area contributed by atoms with Crippen molar-refractivity contribution in [3.63, 3.8) is 0 Å². The van der Waals surface area contributed by atoms with Crippen LogP contribution in [0.4, 0.5) is 4.39 Å². The fourth-order valence-corrected chi connectivity index (χ4v) is 3.09. The van der Waals surface area contributed by atoms with Crippen molar-refractivity contribution in [1.29, 1.82) is 0 Å². The average Bonchev–Trinajstić information content (AvgIpc) is 2.31. The van der Waals surface area contributed by atoms with Crippen molar-refractivity contribution in [3.8, 4) is 5.75 Å². The highest BCUT2D eigenvalue weighted by Gasteiger charge is 2.26. The lowest BCUT2D eigenvalue weighted by atomic mass is 9.83. The highest BCUT2D eigenvalue weighted by atomic mass is 127. The number of methoxy groups -OCH3 is 1. The van der Waals surface area contributed by atoms with Crippen LogP contribution in [0.15, 0.2) is 12.1 Å². The molecular formula is C13H14FIO2. The van der Waals surface area contributed by atoms with Gasteiger partial charge in [0.05, 0.1) is 7.11 Å². The summed E-state index contributed by atoms with van der Waals surface area (Å²) in [6.45, 7) is 0. The van der Waals surface area contributed by atoms with E-state index >= 15 is 0 Å². The van der Waals surface area contributed by atoms with Crippen molar-refractivity contribution in [2.75, 3.05) is 7.11 Å². The van der Waals surface area contributed by atoms with Crippen molar-refractivity contribution >= 4 is 28.4 Å². The normalized spacial score (nSPS) is 20.4. The Kier molecular flexibility index (Phi) is 4.01. The Labute approximate surface area is 114 Å². The van der Waals surface area contributed by atoms with Gasteiger partial charge in [-0.05, 0) is 53.1 Å². The molecule has 1 aliphatic carbocycles. The molecule has 1 atom stereocenters. The van der Waals surface area contributed by atoms with E-state index < -0.39 is 0 Å². The summed E-state index contributed by atoms with van der Waals surface area (Å²) in [4.78, 5) is 11.9. The molecule has 0 saturated heterocycles. The molecule has 1 saturated carbocycles. The number of carbonyl (C=O) groups is 1. The smallest absolute Gasteiger partial charge is 0.166 e. The Balaban J connectivity index is 2.40. The van der Waals surface area contributed by atoms with E-state index in [1.54, 1.807) is 6.07 Å². The average molecular weight is 348 g/mol. The minimum absolute atomic E-state index is 0.0786. The topological polar surface area (TPSA) is 26.3 Å². The molecule has 0 aromatic heterocycles. The molecule has 17 heavy (non-hydrogen) atoms. The van der Waals surface area contributed by atoms with Gasteiger partial charge in [0.1, 0.15) is 5.78 Å². The van der Waals surface area contributed by atoms with Crippen molar-refractivity contribution in [1.82, 2.24) is 0 Å². The van der Waals surface area contributed by atoms with E-state index in [0.29, 0.717) is 6.42 Å². The van der Waals surface area contributed by atoms with Gasteiger partial charge >= 0.3 is 0 Å². The quantitative estimate of drug-likeness (QED) is 0.763. The van der Waals surface area contributed by atoms with Gasteiger partial charge < -0.3 is 4.74 Å². The number of Topliss-reactive ketones (excluding diaryl/α,β-unsaturated/α-hetero) is 1. The lowest BCUT2D eigenvalue weighted by molar-refractivity contribution is -0.121. The fraction of sp³-hybridized carbons (Fsp3) is 0.462. The molecule has 2 rings (SSSR count). The molecule has 0 bridgehead atoms. The minimum Gasteiger partial charge on any atom is -0.494 e. The second-order valence-electron chi connectivity index (χ2n) is 4.27. The first-order valence-electron chi connectivity index (χ1n) is 5.69. The summed E-state index contributed by atoms with van der Waals surface area (Å²) in [5.74, 6) is 0.0377. The Morgan fingerprint density at radius 2 is 2.18 bits per heavy atom. The summed E-state index contributed by atoms with van der Waals surface area (Å²) < 4.78 is 19.3. The summed E-state index contributed by atoms with van der Waals surface area (Å²) in [6.07, 6.45) is 3.54. The number of halogens is 2. The molecule has 4 heteroatoms. The first kappa shape index (κ1) is 12.8. The molecule has 1 unspecified atom stereocenters. The predicted octanol–water partition coefficient (Wildman–Crippen LogP) is 3.67. The zero-order valence-electron chi connectivity index (χ0n) is 9.63. The van der Waals surface area contributed by atoms with Gasteiger partial charge in [-0.25, -0.2) is 4.39 Å². The van der Waals surface area contributed by atoms with Crippen molar-refractivity contribution in [3.05, 3.63) is 27.1 Å². The van der Waals surface area contributed by atoms with Gasteiger partial charge in [-0.3, -0.25) is 4.79 Å². The van der Waals surface area contributed by atoms with E-state index in [1.165, 1.54) is 13.2 Å². The lowest BCUT2D eigenvalue weighted by Crippen LogP contribution is -2.18. The van der Waals surface area contributed by atoms with E-state index in [0.717, 1.165) is 28.4 Å². The van der Waals surface area contributed by atoms with E-state index in [4.69, 9.17) is 4.74 Å². The second kappa shape index (κ2) is 5.33. The van der Waals surface area contributed by atoms with Gasteiger partial charge in [0.25, 0.3) is 0 Å². The van der Waals surface area contributed by atoms with Crippen LogP contribution in [0.3, 0.4) is 0 Å². The maximum Gasteiger partial charge on any atom is 0.166 e. The van der Waals surface area contributed by atoms with Crippen molar-refractivity contribution < 1.29 is 13.9 Å². The number of ether oxygens (including phenoxy) is 1. The first-order chi connectivity index (χ1) is 8.13. The zero-order chi connectivity index (χ0) is 12.4. The molecule has 0 heterocycles. The molecule has 2 nitrogen and oxygen atoms in total. The van der Waals surface area contributed by atoms with Crippen LogP contribution in [-0.2, 0) is 4.79 Å². The van der Waals surface area contributed by atoms with Crippen LogP contribution >= 0.6 is 22.6 Å². The highest BCUT2D eigenvalue weighted by Crippen LogP contribution is 2.35. The molecular weight excluding hydrogens is 334 g/mol. The van der Waals surface area contributed by atoms with E-state index in [9.17, 15) is 9.18 Å². The van der Waals surface area contributed by atoms with Crippen LogP contribution in [0.1, 0.15) is 37.2 Å². The monoisotopic (exact) mass is 348 g/mol. The summed E-state index contributed by atoms with van der Waals surface area (Å²) in [5, 5.41) is 0. The molecule has 0 spiro atoms. The maximum absolute atomic E-state index is 13.5. The number of ketones is 1. The molecule has 92 valence electrons. The van der Waals surface area contributed by atoms with Gasteiger partial charge in [-0.1, -0.05) is 6.42 Å². The van der Waals surface area contributed by atoms with Crippen LogP contribution in [0.25, 0.3) is 0 Å². The summed E-state index contributed by atoms with van der Waals surface area (Å²) in [5.41, 5.74) is 0.911. The van der Waals surface area contributed by atoms with Crippen LogP contribution in [0.5, 0.6) is 5.75 Å². The number of carbonyl (C=O) groups excluding carboxylic acids is 1. The van der Waals surface area contributed by atoms with E-state index in [-0.39, 0.29) is 23.3 Å².